The fourth-order valence-electron chi connectivity index (χ4n) is 1.95. The molecule has 0 aromatic heterocycles. The molecule has 0 bridgehead atoms. The lowest BCUT2D eigenvalue weighted by molar-refractivity contribution is 0.101. The van der Waals surface area contributed by atoms with Gasteiger partial charge in [-0.15, -0.1) is 0 Å². The normalized spacial score (nSPS) is 14.8. The van der Waals surface area contributed by atoms with Crippen LogP contribution in [0, 0.1) is 5.82 Å². The van der Waals surface area contributed by atoms with Gasteiger partial charge >= 0.3 is 0 Å². The number of anilines is 1. The highest BCUT2D eigenvalue weighted by atomic mass is 19.1. The predicted octanol–water partition coefficient (Wildman–Crippen LogP) is 1.99. The van der Waals surface area contributed by atoms with Gasteiger partial charge < -0.3 is 10.0 Å². The second-order valence-corrected chi connectivity index (χ2v) is 4.37. The minimum atomic E-state index is -0.391. The summed E-state index contributed by atoms with van der Waals surface area (Å²) in [6.07, 6.45) is 2.07. The van der Waals surface area contributed by atoms with E-state index >= 15 is 0 Å². The van der Waals surface area contributed by atoms with Crippen LogP contribution in [0.1, 0.15) is 30.1 Å². The van der Waals surface area contributed by atoms with Crippen molar-refractivity contribution in [2.24, 2.45) is 0 Å². The van der Waals surface area contributed by atoms with Crippen molar-refractivity contribution in [3.05, 3.63) is 29.6 Å². The molecule has 0 spiro atoms. The summed E-state index contributed by atoms with van der Waals surface area (Å²) in [7, 11) is 0. The largest absolute Gasteiger partial charge is 0.395 e. The number of benzene rings is 1. The molecular formula is C13H16FNO2. The van der Waals surface area contributed by atoms with E-state index in [1.807, 2.05) is 4.90 Å². The molecule has 3 nitrogen and oxygen atoms in total. The van der Waals surface area contributed by atoms with Gasteiger partial charge in [0.25, 0.3) is 0 Å². The molecular weight excluding hydrogens is 221 g/mol. The van der Waals surface area contributed by atoms with Gasteiger partial charge in [0.15, 0.2) is 5.78 Å². The van der Waals surface area contributed by atoms with E-state index in [0.717, 1.165) is 12.8 Å². The zero-order chi connectivity index (χ0) is 12.4. The minimum absolute atomic E-state index is 0.00436. The lowest BCUT2D eigenvalue weighted by Gasteiger charge is -2.24. The zero-order valence-electron chi connectivity index (χ0n) is 9.82. The highest BCUT2D eigenvalue weighted by Crippen LogP contribution is 2.33. The van der Waals surface area contributed by atoms with Crippen LogP contribution >= 0.6 is 0 Å². The highest BCUT2D eigenvalue weighted by molar-refractivity contribution is 5.94. The molecule has 1 fully saturated rings. The number of ketones is 1. The van der Waals surface area contributed by atoms with Gasteiger partial charge in [-0.25, -0.2) is 4.39 Å². The fourth-order valence-corrected chi connectivity index (χ4v) is 1.95. The quantitative estimate of drug-likeness (QED) is 0.796. The van der Waals surface area contributed by atoms with Gasteiger partial charge in [0.05, 0.1) is 12.3 Å². The van der Waals surface area contributed by atoms with Crippen LogP contribution in [-0.2, 0) is 0 Å². The maximum atomic E-state index is 13.9. The summed E-state index contributed by atoms with van der Waals surface area (Å²) in [6, 6.07) is 4.86. The average molecular weight is 237 g/mol. The van der Waals surface area contributed by atoms with Crippen LogP contribution < -0.4 is 4.90 Å². The molecule has 0 amide bonds. The Balaban J connectivity index is 2.27. The fraction of sp³-hybridized carbons (Fsp3) is 0.462. The van der Waals surface area contributed by atoms with Crippen molar-refractivity contribution in [2.45, 2.75) is 25.8 Å². The maximum Gasteiger partial charge on any atom is 0.159 e. The summed E-state index contributed by atoms with van der Waals surface area (Å²) >= 11 is 0. The summed E-state index contributed by atoms with van der Waals surface area (Å²) in [5, 5.41) is 8.99. The Morgan fingerprint density at radius 1 is 1.53 bits per heavy atom. The number of aliphatic hydroxyl groups excluding tert-OH is 1. The molecule has 0 aliphatic heterocycles. The van der Waals surface area contributed by atoms with Gasteiger partial charge in [-0.2, -0.15) is 0 Å². The first-order valence-corrected chi connectivity index (χ1v) is 5.81. The Bertz CT molecular complexity index is 429. The van der Waals surface area contributed by atoms with Gasteiger partial charge in [-0.1, -0.05) is 0 Å². The molecule has 2 rings (SSSR count). The zero-order valence-corrected chi connectivity index (χ0v) is 9.82. The molecule has 4 heteroatoms. The van der Waals surface area contributed by atoms with E-state index in [0.29, 0.717) is 23.8 Å². The molecule has 0 heterocycles. The average Bonchev–Trinajstić information content (AvgIpc) is 3.10. The van der Waals surface area contributed by atoms with Crippen molar-refractivity contribution < 1.29 is 14.3 Å². The van der Waals surface area contributed by atoms with Crippen LogP contribution in [0.15, 0.2) is 18.2 Å². The molecule has 0 unspecified atom stereocenters. The lowest BCUT2D eigenvalue weighted by Crippen LogP contribution is -2.29. The third kappa shape index (κ3) is 2.64. The Hall–Kier alpha value is -1.42. The SMILES string of the molecule is CC(=O)c1ccc(N(CCO)C2CC2)c(F)c1. The van der Waals surface area contributed by atoms with Crippen molar-refractivity contribution >= 4 is 11.5 Å². The van der Waals surface area contributed by atoms with Crippen molar-refractivity contribution in [1.29, 1.82) is 0 Å². The number of hydrogen-bond donors (Lipinski definition) is 1. The first-order valence-electron chi connectivity index (χ1n) is 5.81. The standard InChI is InChI=1S/C13H16FNO2/c1-9(17)10-2-5-13(12(14)8-10)15(6-7-16)11-3-4-11/h2,5,8,11,16H,3-4,6-7H2,1H3. The molecule has 1 aromatic rings. The van der Waals surface area contributed by atoms with E-state index in [1.165, 1.54) is 13.0 Å². The van der Waals surface area contributed by atoms with E-state index in [1.54, 1.807) is 12.1 Å². The van der Waals surface area contributed by atoms with Gasteiger partial charge in [0.1, 0.15) is 5.82 Å². The van der Waals surface area contributed by atoms with Crippen LogP contribution in [0.3, 0.4) is 0 Å². The van der Waals surface area contributed by atoms with E-state index in [9.17, 15) is 9.18 Å². The molecule has 1 aliphatic carbocycles. The van der Waals surface area contributed by atoms with Crippen molar-refractivity contribution in [1.82, 2.24) is 0 Å². The smallest absolute Gasteiger partial charge is 0.159 e. The first kappa shape index (κ1) is 12.0. The Morgan fingerprint density at radius 2 is 2.24 bits per heavy atom. The second kappa shape index (κ2) is 4.84. The van der Waals surface area contributed by atoms with Crippen LogP contribution in [0.5, 0.6) is 0 Å². The predicted molar refractivity (Wildman–Crippen MR) is 63.9 cm³/mol. The summed E-state index contributed by atoms with van der Waals surface area (Å²) in [6.45, 7) is 1.85. The number of carbonyl (C=O) groups excluding carboxylic acids is 1. The van der Waals surface area contributed by atoms with Gasteiger partial charge in [-0.3, -0.25) is 4.79 Å². The molecule has 0 saturated heterocycles. The number of carbonyl (C=O) groups is 1. The molecule has 1 aromatic carbocycles. The summed E-state index contributed by atoms with van der Waals surface area (Å²) in [5.41, 5.74) is 0.859. The Kier molecular flexibility index (Phi) is 3.43. The Labute approximate surface area is 99.9 Å². The van der Waals surface area contributed by atoms with Gasteiger partial charge in [0, 0.05) is 18.2 Å². The van der Waals surface area contributed by atoms with Crippen LogP contribution in [0.25, 0.3) is 0 Å². The molecule has 1 saturated carbocycles. The number of Topliss-reactive ketones (excluding diaryl/α,β-unsaturated/α-hetero) is 1. The van der Waals surface area contributed by atoms with E-state index in [-0.39, 0.29) is 12.4 Å². The monoisotopic (exact) mass is 237 g/mol. The number of hydrogen-bond acceptors (Lipinski definition) is 3. The molecule has 17 heavy (non-hydrogen) atoms. The summed E-state index contributed by atoms with van der Waals surface area (Å²) in [4.78, 5) is 13.0. The molecule has 0 radical (unpaired) electrons. The van der Waals surface area contributed by atoms with E-state index in [2.05, 4.69) is 0 Å². The summed E-state index contributed by atoms with van der Waals surface area (Å²) in [5.74, 6) is -0.534. The van der Waals surface area contributed by atoms with Crippen molar-refractivity contribution in [2.75, 3.05) is 18.1 Å². The number of halogens is 1. The van der Waals surface area contributed by atoms with Crippen LogP contribution in [0.4, 0.5) is 10.1 Å². The molecule has 0 atom stereocenters. The number of nitrogens with zero attached hydrogens (tertiary/aromatic N) is 1. The topological polar surface area (TPSA) is 40.5 Å². The minimum Gasteiger partial charge on any atom is -0.395 e. The van der Waals surface area contributed by atoms with Crippen LogP contribution in [0.2, 0.25) is 0 Å². The second-order valence-electron chi connectivity index (χ2n) is 4.37. The highest BCUT2D eigenvalue weighted by Gasteiger charge is 2.30. The van der Waals surface area contributed by atoms with Gasteiger partial charge in [-0.05, 0) is 38.0 Å². The summed E-state index contributed by atoms with van der Waals surface area (Å²) < 4.78 is 13.9. The Morgan fingerprint density at radius 3 is 2.71 bits per heavy atom. The molecule has 1 aliphatic rings. The third-order valence-electron chi connectivity index (χ3n) is 2.99. The van der Waals surface area contributed by atoms with Crippen molar-refractivity contribution in [3.8, 4) is 0 Å². The number of rotatable bonds is 5. The number of aliphatic hydroxyl groups is 1. The van der Waals surface area contributed by atoms with Gasteiger partial charge in [0.2, 0.25) is 0 Å². The third-order valence-corrected chi connectivity index (χ3v) is 2.99. The van der Waals surface area contributed by atoms with Crippen LogP contribution in [-0.4, -0.2) is 30.1 Å². The van der Waals surface area contributed by atoms with E-state index < -0.39 is 5.82 Å². The van der Waals surface area contributed by atoms with Crippen molar-refractivity contribution in [3.63, 3.8) is 0 Å². The van der Waals surface area contributed by atoms with E-state index in [4.69, 9.17) is 5.11 Å². The first-order chi connectivity index (χ1) is 8.13. The molecule has 1 N–H and O–H groups in total. The lowest BCUT2D eigenvalue weighted by atomic mass is 10.1. The maximum absolute atomic E-state index is 13.9. The molecule has 92 valence electrons.